The van der Waals surface area contributed by atoms with Gasteiger partial charge >= 0.3 is 0 Å². The standard InChI is InChI=1S/C26H25FN2/c1-3-8-18-11-13-20(14-12-18)25(22(4-2)19-9-6-5-7-10-19)21-15-16-24(28)23(17-21)26(27)29/h3,5-17,29H,4,28H2,1-2H3/b8-3+,25-22+,29-26?. The lowest BCUT2D eigenvalue weighted by atomic mass is 9.87. The van der Waals surface area contributed by atoms with Gasteiger partial charge in [0.25, 0.3) is 0 Å². The zero-order valence-electron chi connectivity index (χ0n) is 16.7. The van der Waals surface area contributed by atoms with Crippen molar-refractivity contribution in [2.75, 3.05) is 5.73 Å². The topological polar surface area (TPSA) is 49.9 Å². The maximum atomic E-state index is 13.8. The van der Waals surface area contributed by atoms with E-state index in [0.717, 1.165) is 39.8 Å². The molecular formula is C26H25FN2. The highest BCUT2D eigenvalue weighted by Crippen LogP contribution is 2.35. The lowest BCUT2D eigenvalue weighted by molar-refractivity contribution is 0.798. The molecule has 29 heavy (non-hydrogen) atoms. The van der Waals surface area contributed by atoms with Crippen molar-refractivity contribution in [1.82, 2.24) is 0 Å². The molecular weight excluding hydrogens is 359 g/mol. The van der Waals surface area contributed by atoms with Crippen molar-refractivity contribution < 1.29 is 4.39 Å². The van der Waals surface area contributed by atoms with Crippen LogP contribution in [-0.2, 0) is 0 Å². The molecule has 0 heterocycles. The molecule has 0 aliphatic rings. The van der Waals surface area contributed by atoms with Gasteiger partial charge < -0.3 is 5.73 Å². The monoisotopic (exact) mass is 384 g/mol. The van der Waals surface area contributed by atoms with E-state index in [9.17, 15) is 4.39 Å². The van der Waals surface area contributed by atoms with E-state index in [2.05, 4.69) is 49.4 Å². The molecule has 0 atom stereocenters. The van der Waals surface area contributed by atoms with E-state index in [-0.39, 0.29) is 11.3 Å². The van der Waals surface area contributed by atoms with Gasteiger partial charge in [-0.25, -0.2) is 0 Å². The first kappa shape index (κ1) is 20.3. The predicted molar refractivity (Wildman–Crippen MR) is 123 cm³/mol. The molecule has 146 valence electrons. The van der Waals surface area contributed by atoms with Crippen LogP contribution in [0.4, 0.5) is 10.1 Å². The van der Waals surface area contributed by atoms with Crippen LogP contribution in [0.15, 0.2) is 78.9 Å². The van der Waals surface area contributed by atoms with E-state index < -0.39 is 5.97 Å². The third kappa shape index (κ3) is 4.52. The smallest absolute Gasteiger partial charge is 0.214 e. The maximum Gasteiger partial charge on any atom is 0.214 e. The molecule has 0 bridgehead atoms. The summed E-state index contributed by atoms with van der Waals surface area (Å²) < 4.78 is 13.8. The fourth-order valence-corrected chi connectivity index (χ4v) is 3.53. The Hall–Kier alpha value is -3.46. The number of nitrogen functional groups attached to an aromatic ring is 1. The average Bonchev–Trinajstić information content (AvgIpc) is 2.74. The second-order valence-corrected chi connectivity index (χ2v) is 6.81. The van der Waals surface area contributed by atoms with Gasteiger partial charge in [-0.05, 0) is 58.9 Å². The summed E-state index contributed by atoms with van der Waals surface area (Å²) in [5.74, 6) is -1.02. The summed E-state index contributed by atoms with van der Waals surface area (Å²) >= 11 is 0. The average molecular weight is 384 g/mol. The fraction of sp³-hybridized carbons (Fsp3) is 0.115. The number of nitrogens with one attached hydrogen (secondary N) is 1. The number of rotatable bonds is 6. The molecule has 0 saturated carbocycles. The molecule has 0 aliphatic carbocycles. The molecule has 3 rings (SSSR count). The van der Waals surface area contributed by atoms with Crippen LogP contribution in [0.3, 0.4) is 0 Å². The van der Waals surface area contributed by atoms with Crippen molar-refractivity contribution in [3.05, 3.63) is 107 Å². The highest BCUT2D eigenvalue weighted by Gasteiger charge is 2.15. The fourth-order valence-electron chi connectivity index (χ4n) is 3.53. The van der Waals surface area contributed by atoms with Gasteiger partial charge in [-0.15, -0.1) is 0 Å². The molecule has 2 nitrogen and oxygen atoms in total. The first-order valence-corrected chi connectivity index (χ1v) is 9.71. The Bertz CT molecular complexity index is 1060. The maximum absolute atomic E-state index is 13.8. The molecule has 0 amide bonds. The Morgan fingerprint density at radius 3 is 2.17 bits per heavy atom. The zero-order chi connectivity index (χ0) is 20.8. The van der Waals surface area contributed by atoms with Crippen LogP contribution in [0.5, 0.6) is 0 Å². The molecule has 0 fully saturated rings. The van der Waals surface area contributed by atoms with Crippen LogP contribution in [0.2, 0.25) is 0 Å². The Morgan fingerprint density at radius 2 is 1.59 bits per heavy atom. The summed E-state index contributed by atoms with van der Waals surface area (Å²) in [6, 6.07) is 23.8. The van der Waals surface area contributed by atoms with E-state index in [1.54, 1.807) is 12.1 Å². The summed E-state index contributed by atoms with van der Waals surface area (Å²) in [5, 5.41) is 7.44. The third-order valence-corrected chi connectivity index (χ3v) is 4.91. The number of hydrogen-bond donors (Lipinski definition) is 2. The first-order valence-electron chi connectivity index (χ1n) is 9.71. The zero-order valence-corrected chi connectivity index (χ0v) is 16.7. The van der Waals surface area contributed by atoms with Crippen LogP contribution in [0, 0.1) is 5.41 Å². The molecule has 0 aliphatic heterocycles. The summed E-state index contributed by atoms with van der Waals surface area (Å²) in [6.07, 6.45) is 4.87. The Labute approximate surface area is 171 Å². The van der Waals surface area contributed by atoms with Gasteiger partial charge in [-0.2, -0.15) is 4.39 Å². The van der Waals surface area contributed by atoms with Gasteiger partial charge in [-0.3, -0.25) is 5.41 Å². The molecule has 3 aromatic carbocycles. The quantitative estimate of drug-likeness (QED) is 0.269. The molecule has 0 aromatic heterocycles. The second kappa shape index (κ2) is 9.16. The Balaban J connectivity index is 2.28. The van der Waals surface area contributed by atoms with E-state index in [1.807, 2.05) is 37.3 Å². The summed E-state index contributed by atoms with van der Waals surface area (Å²) in [6.45, 7) is 4.11. The van der Waals surface area contributed by atoms with Gasteiger partial charge in [0.05, 0.1) is 5.56 Å². The van der Waals surface area contributed by atoms with Gasteiger partial charge in [0, 0.05) is 5.69 Å². The van der Waals surface area contributed by atoms with E-state index >= 15 is 0 Å². The minimum atomic E-state index is -1.02. The highest BCUT2D eigenvalue weighted by atomic mass is 19.1. The molecule has 3 N–H and O–H groups in total. The van der Waals surface area contributed by atoms with Crippen molar-refractivity contribution in [1.29, 1.82) is 5.41 Å². The van der Waals surface area contributed by atoms with E-state index in [4.69, 9.17) is 11.1 Å². The van der Waals surface area contributed by atoms with E-state index in [0.29, 0.717) is 0 Å². The molecule has 0 radical (unpaired) electrons. The molecule has 3 aromatic rings. The summed E-state index contributed by atoms with van der Waals surface area (Å²) in [5.41, 5.74) is 12.6. The predicted octanol–water partition coefficient (Wildman–Crippen LogP) is 6.97. The number of anilines is 1. The van der Waals surface area contributed by atoms with Crippen molar-refractivity contribution >= 4 is 28.9 Å². The third-order valence-electron chi connectivity index (χ3n) is 4.91. The van der Waals surface area contributed by atoms with Crippen LogP contribution >= 0.6 is 0 Å². The SMILES string of the molecule is C/C=C/c1ccc(/C(=C(/CC)c2ccccc2)c2ccc(N)c(C(=N)F)c2)cc1. The number of allylic oxidation sites excluding steroid dienone is 2. The number of halogens is 1. The lowest BCUT2D eigenvalue weighted by Crippen LogP contribution is -2.01. The highest BCUT2D eigenvalue weighted by molar-refractivity contribution is 6.02. The van der Waals surface area contributed by atoms with Gasteiger partial charge in [0.1, 0.15) is 0 Å². The number of nitrogens with two attached hydrogens (primary N) is 1. The van der Waals surface area contributed by atoms with Gasteiger partial charge in [0.2, 0.25) is 5.97 Å². The molecule has 0 saturated heterocycles. The summed E-state index contributed by atoms with van der Waals surface area (Å²) in [4.78, 5) is 0. The van der Waals surface area contributed by atoms with Gasteiger partial charge in [-0.1, -0.05) is 79.7 Å². The molecule has 0 spiro atoms. The molecule has 3 heteroatoms. The largest absolute Gasteiger partial charge is 0.398 e. The molecule has 0 unspecified atom stereocenters. The first-order chi connectivity index (χ1) is 14.0. The van der Waals surface area contributed by atoms with Crippen LogP contribution in [0.25, 0.3) is 17.2 Å². The minimum Gasteiger partial charge on any atom is -0.398 e. The van der Waals surface area contributed by atoms with Crippen LogP contribution in [-0.4, -0.2) is 5.97 Å². The van der Waals surface area contributed by atoms with Crippen molar-refractivity contribution in [3.63, 3.8) is 0 Å². The van der Waals surface area contributed by atoms with Crippen molar-refractivity contribution in [2.45, 2.75) is 20.3 Å². The lowest BCUT2D eigenvalue weighted by Gasteiger charge is -2.17. The Kier molecular flexibility index (Phi) is 6.40. The van der Waals surface area contributed by atoms with Gasteiger partial charge in [0.15, 0.2) is 0 Å². The Morgan fingerprint density at radius 1 is 0.931 bits per heavy atom. The van der Waals surface area contributed by atoms with Crippen LogP contribution < -0.4 is 5.73 Å². The normalized spacial score (nSPS) is 12.1. The van der Waals surface area contributed by atoms with Crippen LogP contribution in [0.1, 0.15) is 48.1 Å². The van der Waals surface area contributed by atoms with Crippen molar-refractivity contribution in [2.24, 2.45) is 0 Å². The minimum absolute atomic E-state index is 0.119. The number of benzene rings is 3. The van der Waals surface area contributed by atoms with Crippen molar-refractivity contribution in [3.8, 4) is 0 Å². The van der Waals surface area contributed by atoms with E-state index in [1.165, 1.54) is 0 Å². The summed E-state index contributed by atoms with van der Waals surface area (Å²) in [7, 11) is 0. The number of hydrogen-bond acceptors (Lipinski definition) is 2. The second-order valence-electron chi connectivity index (χ2n) is 6.81.